The second-order valence-corrected chi connectivity index (χ2v) is 6.18. The second kappa shape index (κ2) is 5.17. The summed E-state index contributed by atoms with van der Waals surface area (Å²) >= 11 is 0. The molecule has 2 unspecified atom stereocenters. The molecule has 0 aromatic heterocycles. The number of carbonyl (C=O) groups is 1. The zero-order chi connectivity index (χ0) is 12.5. The fraction of sp³-hybridized carbons (Fsp3) is 0.929. The number of hydrogen-bond donors (Lipinski definition) is 1. The first-order valence-corrected chi connectivity index (χ1v) is 7.45. The lowest BCUT2D eigenvalue weighted by molar-refractivity contribution is -0.143. The van der Waals surface area contributed by atoms with Gasteiger partial charge in [0.15, 0.2) is 0 Å². The van der Waals surface area contributed by atoms with Crippen molar-refractivity contribution < 1.29 is 9.90 Å². The molecule has 0 bridgehead atoms. The SMILES string of the molecule is O=C(O)C1CCN(C2CC3CCCCN3C2)CC1. The summed E-state index contributed by atoms with van der Waals surface area (Å²) in [5.74, 6) is -0.691. The van der Waals surface area contributed by atoms with Crippen LogP contribution in [-0.4, -0.2) is 59.1 Å². The summed E-state index contributed by atoms with van der Waals surface area (Å²) in [6.45, 7) is 4.49. The van der Waals surface area contributed by atoms with E-state index < -0.39 is 5.97 Å². The standard InChI is InChI=1S/C14H24N2O2/c17-14(18)11-4-7-15(8-5-11)13-9-12-3-1-2-6-16(12)10-13/h11-13H,1-10H2,(H,17,18). The van der Waals surface area contributed by atoms with E-state index >= 15 is 0 Å². The fourth-order valence-electron chi connectivity index (χ4n) is 4.00. The summed E-state index contributed by atoms with van der Waals surface area (Å²) in [7, 11) is 0. The van der Waals surface area contributed by atoms with Gasteiger partial charge in [0.25, 0.3) is 0 Å². The van der Waals surface area contributed by atoms with E-state index in [-0.39, 0.29) is 5.92 Å². The largest absolute Gasteiger partial charge is 0.481 e. The van der Waals surface area contributed by atoms with Crippen LogP contribution in [0.15, 0.2) is 0 Å². The molecule has 102 valence electrons. The monoisotopic (exact) mass is 252 g/mol. The Morgan fingerprint density at radius 2 is 1.72 bits per heavy atom. The van der Waals surface area contributed by atoms with Crippen LogP contribution in [0.4, 0.5) is 0 Å². The Morgan fingerprint density at radius 3 is 2.39 bits per heavy atom. The quantitative estimate of drug-likeness (QED) is 0.807. The molecule has 0 aliphatic carbocycles. The van der Waals surface area contributed by atoms with Crippen LogP contribution in [0.25, 0.3) is 0 Å². The van der Waals surface area contributed by atoms with E-state index in [2.05, 4.69) is 9.80 Å². The average Bonchev–Trinajstić information content (AvgIpc) is 2.82. The molecule has 0 aromatic rings. The second-order valence-electron chi connectivity index (χ2n) is 6.18. The molecule has 2 atom stereocenters. The first-order chi connectivity index (χ1) is 8.74. The van der Waals surface area contributed by atoms with Crippen LogP contribution in [0, 0.1) is 5.92 Å². The lowest BCUT2D eigenvalue weighted by atomic mass is 9.95. The average molecular weight is 252 g/mol. The maximum atomic E-state index is 11.0. The highest BCUT2D eigenvalue weighted by Gasteiger charge is 2.37. The lowest BCUT2D eigenvalue weighted by Gasteiger charge is -2.34. The van der Waals surface area contributed by atoms with Gasteiger partial charge in [-0.25, -0.2) is 0 Å². The maximum absolute atomic E-state index is 11.0. The molecule has 3 fully saturated rings. The Hall–Kier alpha value is -0.610. The minimum Gasteiger partial charge on any atom is -0.481 e. The first-order valence-electron chi connectivity index (χ1n) is 7.45. The van der Waals surface area contributed by atoms with Gasteiger partial charge in [0.1, 0.15) is 0 Å². The first kappa shape index (κ1) is 12.4. The highest BCUT2D eigenvalue weighted by Crippen LogP contribution is 2.31. The molecule has 3 aliphatic heterocycles. The summed E-state index contributed by atoms with van der Waals surface area (Å²) in [5, 5.41) is 9.03. The molecule has 18 heavy (non-hydrogen) atoms. The molecule has 1 N–H and O–H groups in total. The molecular weight excluding hydrogens is 228 g/mol. The maximum Gasteiger partial charge on any atom is 0.306 e. The molecule has 0 saturated carbocycles. The third-order valence-corrected chi connectivity index (χ3v) is 5.13. The number of likely N-dealkylation sites (tertiary alicyclic amines) is 1. The zero-order valence-electron chi connectivity index (χ0n) is 11.1. The number of aliphatic carboxylic acids is 1. The minimum absolute atomic E-state index is 0.0924. The predicted molar refractivity (Wildman–Crippen MR) is 69.5 cm³/mol. The number of carboxylic acid groups (broad SMARTS) is 1. The number of hydrogen-bond acceptors (Lipinski definition) is 3. The van der Waals surface area contributed by atoms with Crippen molar-refractivity contribution in [3.63, 3.8) is 0 Å². The van der Waals surface area contributed by atoms with E-state index in [9.17, 15) is 4.79 Å². The normalized spacial score (nSPS) is 35.6. The van der Waals surface area contributed by atoms with Crippen molar-refractivity contribution in [2.75, 3.05) is 26.2 Å². The summed E-state index contributed by atoms with van der Waals surface area (Å²) in [6, 6.07) is 1.52. The smallest absolute Gasteiger partial charge is 0.306 e. The van der Waals surface area contributed by atoms with Crippen LogP contribution < -0.4 is 0 Å². The van der Waals surface area contributed by atoms with E-state index in [1.165, 1.54) is 38.8 Å². The number of carboxylic acids is 1. The third-order valence-electron chi connectivity index (χ3n) is 5.13. The van der Waals surface area contributed by atoms with Gasteiger partial charge < -0.3 is 5.11 Å². The molecule has 3 aliphatic rings. The Morgan fingerprint density at radius 1 is 0.944 bits per heavy atom. The topological polar surface area (TPSA) is 43.8 Å². The number of fused-ring (bicyclic) bond motifs is 1. The van der Waals surface area contributed by atoms with E-state index in [4.69, 9.17) is 5.11 Å². The molecule has 0 radical (unpaired) electrons. The molecule has 0 aromatic carbocycles. The van der Waals surface area contributed by atoms with Gasteiger partial charge in [-0.1, -0.05) is 6.42 Å². The van der Waals surface area contributed by atoms with Gasteiger partial charge >= 0.3 is 5.97 Å². The van der Waals surface area contributed by atoms with Crippen molar-refractivity contribution in [3.8, 4) is 0 Å². The van der Waals surface area contributed by atoms with E-state index in [0.717, 1.165) is 32.0 Å². The van der Waals surface area contributed by atoms with Crippen LogP contribution in [-0.2, 0) is 4.79 Å². The van der Waals surface area contributed by atoms with Gasteiger partial charge in [-0.3, -0.25) is 14.6 Å². The van der Waals surface area contributed by atoms with Gasteiger partial charge in [-0.2, -0.15) is 0 Å². The molecule has 0 amide bonds. The van der Waals surface area contributed by atoms with Gasteiger partial charge in [-0.15, -0.1) is 0 Å². The number of piperidine rings is 2. The van der Waals surface area contributed by atoms with Crippen molar-refractivity contribution in [1.82, 2.24) is 9.80 Å². The third kappa shape index (κ3) is 2.41. The lowest BCUT2D eigenvalue weighted by Crippen LogP contribution is -2.44. The van der Waals surface area contributed by atoms with E-state index in [1.807, 2.05) is 0 Å². The zero-order valence-corrected chi connectivity index (χ0v) is 11.1. The van der Waals surface area contributed by atoms with Crippen LogP contribution in [0.1, 0.15) is 38.5 Å². The summed E-state index contributed by atoms with van der Waals surface area (Å²) in [6.07, 6.45) is 7.14. The van der Waals surface area contributed by atoms with Crippen LogP contribution >= 0.6 is 0 Å². The van der Waals surface area contributed by atoms with Crippen molar-refractivity contribution in [1.29, 1.82) is 0 Å². The molecule has 4 heteroatoms. The van der Waals surface area contributed by atoms with Gasteiger partial charge in [0.05, 0.1) is 5.92 Å². The highest BCUT2D eigenvalue weighted by atomic mass is 16.4. The Kier molecular flexibility index (Phi) is 3.57. The molecular formula is C14H24N2O2. The van der Waals surface area contributed by atoms with E-state index in [1.54, 1.807) is 0 Å². The predicted octanol–water partition coefficient (Wildman–Crippen LogP) is 1.41. The molecule has 3 rings (SSSR count). The number of rotatable bonds is 2. The summed E-state index contributed by atoms with van der Waals surface area (Å²) in [4.78, 5) is 16.2. The Balaban J connectivity index is 1.53. The molecule has 3 heterocycles. The van der Waals surface area contributed by atoms with Gasteiger partial charge in [0, 0.05) is 18.6 Å². The number of nitrogens with zero attached hydrogens (tertiary/aromatic N) is 2. The van der Waals surface area contributed by atoms with Crippen molar-refractivity contribution in [2.24, 2.45) is 5.92 Å². The fourth-order valence-corrected chi connectivity index (χ4v) is 4.00. The molecule has 4 nitrogen and oxygen atoms in total. The van der Waals surface area contributed by atoms with Crippen molar-refractivity contribution in [3.05, 3.63) is 0 Å². The van der Waals surface area contributed by atoms with Gasteiger partial charge in [0.2, 0.25) is 0 Å². The van der Waals surface area contributed by atoms with Crippen molar-refractivity contribution in [2.45, 2.75) is 50.6 Å². The van der Waals surface area contributed by atoms with Crippen LogP contribution in [0.5, 0.6) is 0 Å². The van der Waals surface area contributed by atoms with Crippen molar-refractivity contribution >= 4 is 5.97 Å². The van der Waals surface area contributed by atoms with E-state index in [0.29, 0.717) is 6.04 Å². The molecule has 3 saturated heterocycles. The minimum atomic E-state index is -0.599. The van der Waals surface area contributed by atoms with Gasteiger partial charge in [-0.05, 0) is 51.7 Å². The summed E-state index contributed by atoms with van der Waals surface area (Å²) in [5.41, 5.74) is 0. The molecule has 0 spiro atoms. The van der Waals surface area contributed by atoms with Crippen LogP contribution in [0.2, 0.25) is 0 Å². The Bertz CT molecular complexity index is 299. The Labute approximate surface area is 109 Å². The van der Waals surface area contributed by atoms with Crippen LogP contribution in [0.3, 0.4) is 0 Å². The summed E-state index contributed by atoms with van der Waals surface area (Å²) < 4.78 is 0. The highest BCUT2D eigenvalue weighted by molar-refractivity contribution is 5.70.